The number of sulfonamides is 1. The van der Waals surface area contributed by atoms with Crippen molar-refractivity contribution >= 4 is 27.3 Å². The Labute approximate surface area is 96.4 Å². The summed E-state index contributed by atoms with van der Waals surface area (Å²) in [6, 6.07) is 2.00. The lowest BCUT2D eigenvalue weighted by Crippen LogP contribution is -2.30. The second kappa shape index (κ2) is 4.34. The molecule has 0 bridgehead atoms. The van der Waals surface area contributed by atoms with E-state index in [1.54, 1.807) is 4.83 Å². The third-order valence-corrected chi connectivity index (χ3v) is 3.51. The van der Waals surface area contributed by atoms with E-state index in [1.165, 1.54) is 6.92 Å². The van der Waals surface area contributed by atoms with E-state index in [9.17, 15) is 18.5 Å². The molecule has 0 unspecified atom stereocenters. The van der Waals surface area contributed by atoms with Gasteiger partial charge < -0.3 is 0 Å². The van der Waals surface area contributed by atoms with Crippen molar-refractivity contribution < 1.29 is 13.3 Å². The molecular formula is C7H8ClN3O4S. The minimum Gasteiger partial charge on any atom is -0.258 e. The Kier molecular flexibility index (Phi) is 3.48. The average Bonchev–Trinajstić information content (AvgIpc) is 2.21. The first kappa shape index (κ1) is 12.8. The van der Waals surface area contributed by atoms with Crippen molar-refractivity contribution in [3.05, 3.63) is 32.8 Å². The molecule has 0 saturated heterocycles. The Hall–Kier alpha value is -1.22. The van der Waals surface area contributed by atoms with E-state index < -0.39 is 14.9 Å². The van der Waals surface area contributed by atoms with Crippen LogP contribution in [0.1, 0.15) is 5.56 Å². The highest BCUT2D eigenvalue weighted by Crippen LogP contribution is 2.29. The van der Waals surface area contributed by atoms with Gasteiger partial charge in [0.15, 0.2) is 0 Å². The molecule has 0 atom stereocenters. The van der Waals surface area contributed by atoms with Gasteiger partial charge in [-0.2, -0.15) is 4.83 Å². The zero-order valence-electron chi connectivity index (χ0n) is 8.10. The van der Waals surface area contributed by atoms with E-state index in [1.807, 2.05) is 0 Å². The Balaban J connectivity index is 3.53. The number of nitrogens with two attached hydrogens (primary N) is 1. The number of hydrazine groups is 1. The van der Waals surface area contributed by atoms with Crippen LogP contribution >= 0.6 is 11.6 Å². The highest BCUT2D eigenvalue weighted by atomic mass is 35.5. The van der Waals surface area contributed by atoms with E-state index in [0.29, 0.717) is 0 Å². The first-order valence-corrected chi connectivity index (χ1v) is 5.82. The van der Waals surface area contributed by atoms with Crippen LogP contribution in [0.25, 0.3) is 0 Å². The molecule has 0 aromatic heterocycles. The summed E-state index contributed by atoms with van der Waals surface area (Å²) in [6.45, 7) is 1.42. The number of rotatable bonds is 3. The van der Waals surface area contributed by atoms with Crippen molar-refractivity contribution in [2.24, 2.45) is 5.84 Å². The second-order valence-corrected chi connectivity index (χ2v) is 5.05. The lowest BCUT2D eigenvalue weighted by molar-refractivity contribution is -0.385. The maximum absolute atomic E-state index is 11.3. The van der Waals surface area contributed by atoms with Crippen LogP contribution in [-0.4, -0.2) is 13.3 Å². The number of nitrogens with zero attached hydrogens (tertiary/aromatic N) is 1. The summed E-state index contributed by atoms with van der Waals surface area (Å²) in [5.41, 5.74) is -0.177. The summed E-state index contributed by atoms with van der Waals surface area (Å²) < 4.78 is 22.6. The summed E-state index contributed by atoms with van der Waals surface area (Å²) in [4.78, 5) is 11.1. The number of nitro benzene ring substituents is 1. The summed E-state index contributed by atoms with van der Waals surface area (Å²) in [5.74, 6) is 4.80. The first-order chi connectivity index (χ1) is 7.29. The fourth-order valence-electron chi connectivity index (χ4n) is 1.05. The fourth-order valence-corrected chi connectivity index (χ4v) is 2.01. The van der Waals surface area contributed by atoms with Gasteiger partial charge in [0.2, 0.25) is 0 Å². The van der Waals surface area contributed by atoms with Crippen LogP contribution in [-0.2, 0) is 10.0 Å². The van der Waals surface area contributed by atoms with Crippen LogP contribution in [0, 0.1) is 17.0 Å². The molecule has 0 spiro atoms. The lowest BCUT2D eigenvalue weighted by atomic mass is 10.2. The highest BCUT2D eigenvalue weighted by molar-refractivity contribution is 7.89. The van der Waals surface area contributed by atoms with Crippen LogP contribution in [0.2, 0.25) is 5.02 Å². The Morgan fingerprint density at radius 2 is 2.06 bits per heavy atom. The van der Waals surface area contributed by atoms with Gasteiger partial charge in [0.25, 0.3) is 15.7 Å². The molecule has 3 N–H and O–H groups in total. The molecule has 7 nitrogen and oxygen atoms in total. The standard InChI is InChI=1S/C7H8ClN3O4S/c1-4-6(8)2-5(16(14,15)10-9)3-7(4)11(12)13/h2-3,10H,9H2,1H3. The topological polar surface area (TPSA) is 115 Å². The smallest absolute Gasteiger partial charge is 0.258 e. The molecule has 0 saturated carbocycles. The van der Waals surface area contributed by atoms with Gasteiger partial charge in [-0.3, -0.25) is 16.0 Å². The molecule has 1 aromatic carbocycles. The largest absolute Gasteiger partial charge is 0.275 e. The van der Waals surface area contributed by atoms with E-state index in [-0.39, 0.29) is 21.2 Å². The predicted molar refractivity (Wildman–Crippen MR) is 57.4 cm³/mol. The van der Waals surface area contributed by atoms with E-state index >= 15 is 0 Å². The summed E-state index contributed by atoms with van der Waals surface area (Å²) in [7, 11) is -3.95. The van der Waals surface area contributed by atoms with Crippen LogP contribution < -0.4 is 10.7 Å². The van der Waals surface area contributed by atoms with Crippen molar-refractivity contribution in [2.75, 3.05) is 0 Å². The molecule has 1 rings (SSSR count). The normalized spacial score (nSPS) is 11.4. The number of nitrogens with one attached hydrogen (secondary N) is 1. The van der Waals surface area contributed by atoms with E-state index in [2.05, 4.69) is 0 Å². The van der Waals surface area contributed by atoms with Crippen molar-refractivity contribution in [2.45, 2.75) is 11.8 Å². The molecule has 0 fully saturated rings. The van der Waals surface area contributed by atoms with Gasteiger partial charge in [0.1, 0.15) is 0 Å². The van der Waals surface area contributed by atoms with Crippen molar-refractivity contribution in [3.8, 4) is 0 Å². The molecule has 88 valence electrons. The molecule has 0 amide bonds. The van der Waals surface area contributed by atoms with Crippen LogP contribution in [0.3, 0.4) is 0 Å². The molecule has 0 aliphatic rings. The van der Waals surface area contributed by atoms with Crippen LogP contribution in [0.15, 0.2) is 17.0 Å². The van der Waals surface area contributed by atoms with Crippen molar-refractivity contribution in [3.63, 3.8) is 0 Å². The second-order valence-electron chi connectivity index (χ2n) is 2.93. The summed E-state index contributed by atoms with van der Waals surface area (Å²) in [5, 5.41) is 10.6. The van der Waals surface area contributed by atoms with Crippen LogP contribution in [0.4, 0.5) is 5.69 Å². The molecule has 0 heterocycles. The Bertz CT molecular complexity index is 543. The van der Waals surface area contributed by atoms with Crippen molar-refractivity contribution in [1.82, 2.24) is 4.83 Å². The van der Waals surface area contributed by atoms with Gasteiger partial charge in [-0.05, 0) is 13.0 Å². The Morgan fingerprint density at radius 3 is 2.50 bits per heavy atom. The molecular weight excluding hydrogens is 258 g/mol. The maximum Gasteiger partial charge on any atom is 0.275 e. The minimum absolute atomic E-state index is 0.0111. The molecule has 16 heavy (non-hydrogen) atoms. The van der Waals surface area contributed by atoms with Gasteiger partial charge in [0, 0.05) is 11.6 Å². The van der Waals surface area contributed by atoms with Gasteiger partial charge in [0.05, 0.1) is 14.8 Å². The zero-order valence-corrected chi connectivity index (χ0v) is 9.67. The average molecular weight is 266 g/mol. The SMILES string of the molecule is Cc1c(Cl)cc(S(=O)(=O)NN)cc1[N+](=O)[O-]. The van der Waals surface area contributed by atoms with Gasteiger partial charge in [-0.1, -0.05) is 11.6 Å². The minimum atomic E-state index is -3.95. The molecule has 1 aromatic rings. The Morgan fingerprint density at radius 1 is 1.50 bits per heavy atom. The number of halogens is 1. The van der Waals surface area contributed by atoms with Gasteiger partial charge in [-0.15, -0.1) is 0 Å². The highest BCUT2D eigenvalue weighted by Gasteiger charge is 2.21. The van der Waals surface area contributed by atoms with Crippen molar-refractivity contribution in [1.29, 1.82) is 0 Å². The van der Waals surface area contributed by atoms with Gasteiger partial charge in [-0.25, -0.2) is 8.42 Å². The predicted octanol–water partition coefficient (Wildman–Crippen LogP) is 0.709. The monoisotopic (exact) mass is 265 g/mol. The molecule has 0 aliphatic carbocycles. The summed E-state index contributed by atoms with van der Waals surface area (Å²) >= 11 is 5.69. The number of nitro groups is 1. The first-order valence-electron chi connectivity index (χ1n) is 3.96. The van der Waals surface area contributed by atoms with E-state index in [4.69, 9.17) is 17.4 Å². The third-order valence-electron chi connectivity index (χ3n) is 1.95. The third kappa shape index (κ3) is 2.30. The number of hydrogen-bond acceptors (Lipinski definition) is 5. The van der Waals surface area contributed by atoms with E-state index in [0.717, 1.165) is 12.1 Å². The maximum atomic E-state index is 11.3. The summed E-state index contributed by atoms with van der Waals surface area (Å²) in [6.07, 6.45) is 0. The van der Waals surface area contributed by atoms with Crippen LogP contribution in [0.5, 0.6) is 0 Å². The molecule has 0 aliphatic heterocycles. The quantitative estimate of drug-likeness (QED) is 0.474. The number of hydrogen-bond donors (Lipinski definition) is 2. The number of benzene rings is 1. The molecule has 9 heteroatoms. The lowest BCUT2D eigenvalue weighted by Gasteiger charge is -2.05. The van der Waals surface area contributed by atoms with Gasteiger partial charge >= 0.3 is 0 Å². The molecule has 0 radical (unpaired) electrons. The zero-order chi connectivity index (χ0) is 12.5. The fraction of sp³-hybridized carbons (Fsp3) is 0.143.